The van der Waals surface area contributed by atoms with Crippen LogP contribution in [0.5, 0.6) is 0 Å². The molecule has 0 aliphatic carbocycles. The lowest BCUT2D eigenvalue weighted by Gasteiger charge is -2.25. The summed E-state index contributed by atoms with van der Waals surface area (Å²) in [6.07, 6.45) is -1.46. The van der Waals surface area contributed by atoms with Crippen molar-refractivity contribution < 1.29 is 34.2 Å². The first-order valence-electron chi connectivity index (χ1n) is 11.6. The largest absolute Gasteiger partial charge is 0.480 e. The molecule has 0 bridgehead atoms. The van der Waals surface area contributed by atoms with Gasteiger partial charge < -0.3 is 60.6 Å². The van der Waals surface area contributed by atoms with Gasteiger partial charge in [0.25, 0.3) is 0 Å². The minimum atomic E-state index is -1.67. The number of rotatable bonds is 18. The third-order valence-electron chi connectivity index (χ3n) is 4.97. The molecule has 0 aromatic rings. The third kappa shape index (κ3) is 14.4. The predicted molar refractivity (Wildman–Crippen MR) is 137 cm³/mol. The number of guanidine groups is 2. The zero-order valence-electron chi connectivity index (χ0n) is 21.1. The van der Waals surface area contributed by atoms with Gasteiger partial charge in [0.1, 0.15) is 12.1 Å². The van der Waals surface area contributed by atoms with Crippen LogP contribution >= 0.6 is 0 Å². The number of aliphatic hydroxyl groups is 1. The first-order chi connectivity index (χ1) is 17.6. The smallest absolute Gasteiger partial charge is 0.328 e. The number of nitrogens with one attached hydrogen (secondary N) is 3. The highest BCUT2D eigenvalue weighted by atomic mass is 16.4. The van der Waals surface area contributed by atoms with Crippen LogP contribution < -0.4 is 50.4 Å². The Morgan fingerprint density at radius 3 is 1.68 bits per heavy atom. The Labute approximate surface area is 219 Å². The van der Waals surface area contributed by atoms with Crippen molar-refractivity contribution in [3.8, 4) is 0 Å². The van der Waals surface area contributed by atoms with E-state index in [-0.39, 0.29) is 44.3 Å². The van der Waals surface area contributed by atoms with Gasteiger partial charge in [0.2, 0.25) is 23.6 Å². The van der Waals surface area contributed by atoms with Crippen molar-refractivity contribution in [2.24, 2.45) is 44.4 Å². The van der Waals surface area contributed by atoms with Crippen LogP contribution in [0.2, 0.25) is 0 Å². The number of carbonyl (C=O) groups excluding carboxylic acids is 4. The van der Waals surface area contributed by atoms with Crippen LogP contribution in [0.25, 0.3) is 0 Å². The Hall–Kier alpha value is -4.19. The van der Waals surface area contributed by atoms with Gasteiger partial charge >= 0.3 is 5.97 Å². The molecule has 0 aromatic heterocycles. The second-order valence-corrected chi connectivity index (χ2v) is 8.36. The molecule has 0 saturated heterocycles. The minimum Gasteiger partial charge on any atom is -0.480 e. The van der Waals surface area contributed by atoms with E-state index in [9.17, 15) is 34.2 Å². The molecule has 216 valence electrons. The summed E-state index contributed by atoms with van der Waals surface area (Å²) >= 11 is 0. The highest BCUT2D eigenvalue weighted by Gasteiger charge is 2.32. The van der Waals surface area contributed by atoms with Gasteiger partial charge in [0.05, 0.1) is 18.6 Å². The van der Waals surface area contributed by atoms with Crippen LogP contribution in [0, 0.1) is 0 Å². The number of carboxylic acid groups (broad SMARTS) is 1. The first-order valence-corrected chi connectivity index (χ1v) is 11.6. The van der Waals surface area contributed by atoms with Crippen LogP contribution in [-0.4, -0.2) is 95.1 Å². The van der Waals surface area contributed by atoms with Crippen LogP contribution in [0.1, 0.15) is 39.0 Å². The average molecular weight is 546 g/mol. The number of aliphatic imine (C=N–C) groups is 2. The van der Waals surface area contributed by atoms with E-state index in [1.165, 1.54) is 0 Å². The molecule has 18 heteroatoms. The van der Waals surface area contributed by atoms with Crippen molar-refractivity contribution in [1.82, 2.24) is 16.0 Å². The molecule has 0 aliphatic heterocycles. The summed E-state index contributed by atoms with van der Waals surface area (Å²) in [7, 11) is 0. The maximum absolute atomic E-state index is 12.9. The summed E-state index contributed by atoms with van der Waals surface area (Å²) < 4.78 is 0. The van der Waals surface area contributed by atoms with Gasteiger partial charge in [-0.1, -0.05) is 0 Å². The standard InChI is InChI=1S/C20H39N11O7/c1-9(32)14(18(37)38)31-16(35)11(5-3-7-28-20(25)26)29-17(36)12(8-13(22)33)30-15(34)10(21)4-2-6-27-19(23)24/h9-12,14,32H,2-8,21H2,1H3,(H2,22,33)(H,29,36)(H,30,34)(H,31,35)(H,37,38)(H4,23,24,27)(H4,25,26,28). The Kier molecular flexibility index (Phi) is 15.4. The molecule has 0 aromatic carbocycles. The minimum absolute atomic E-state index is 0.0674. The highest BCUT2D eigenvalue weighted by molar-refractivity contribution is 5.96. The Morgan fingerprint density at radius 2 is 1.24 bits per heavy atom. The highest BCUT2D eigenvalue weighted by Crippen LogP contribution is 2.04. The normalized spacial score (nSPS) is 14.5. The third-order valence-corrected chi connectivity index (χ3v) is 4.97. The van der Waals surface area contributed by atoms with E-state index in [2.05, 4.69) is 25.9 Å². The molecule has 0 aliphatic rings. The molecule has 5 atom stereocenters. The molecule has 17 N–H and O–H groups in total. The van der Waals surface area contributed by atoms with E-state index in [0.29, 0.717) is 6.42 Å². The molecule has 38 heavy (non-hydrogen) atoms. The van der Waals surface area contributed by atoms with Gasteiger partial charge in [-0.2, -0.15) is 0 Å². The zero-order valence-corrected chi connectivity index (χ0v) is 21.1. The summed E-state index contributed by atoms with van der Waals surface area (Å²) in [5.74, 6) is -5.44. The van der Waals surface area contributed by atoms with Crippen molar-refractivity contribution in [3.63, 3.8) is 0 Å². The molecule has 18 nitrogen and oxygen atoms in total. The SMILES string of the molecule is CC(O)C(NC(=O)C(CCCN=C(N)N)NC(=O)C(CC(N)=O)NC(=O)C(N)CCCN=C(N)N)C(=O)O. The van der Waals surface area contributed by atoms with Crippen molar-refractivity contribution >= 4 is 41.5 Å². The molecule has 0 fully saturated rings. The van der Waals surface area contributed by atoms with Crippen molar-refractivity contribution in [1.29, 1.82) is 0 Å². The van der Waals surface area contributed by atoms with E-state index < -0.39 is 66.3 Å². The van der Waals surface area contributed by atoms with Crippen molar-refractivity contribution in [2.75, 3.05) is 13.1 Å². The monoisotopic (exact) mass is 545 g/mol. The maximum atomic E-state index is 12.9. The van der Waals surface area contributed by atoms with Crippen LogP contribution in [0.15, 0.2) is 9.98 Å². The lowest BCUT2D eigenvalue weighted by molar-refractivity contribution is -0.145. The Balaban J connectivity index is 5.55. The van der Waals surface area contributed by atoms with E-state index in [0.717, 1.165) is 6.92 Å². The second-order valence-electron chi connectivity index (χ2n) is 8.36. The van der Waals surface area contributed by atoms with Gasteiger partial charge in [-0.15, -0.1) is 0 Å². The molecule has 5 unspecified atom stereocenters. The quantitative estimate of drug-likeness (QED) is 0.0435. The van der Waals surface area contributed by atoms with Gasteiger partial charge in [-0.3, -0.25) is 29.2 Å². The number of aliphatic carboxylic acids is 1. The van der Waals surface area contributed by atoms with Crippen LogP contribution in [0.4, 0.5) is 0 Å². The molecule has 0 radical (unpaired) electrons. The average Bonchev–Trinajstić information content (AvgIpc) is 2.80. The van der Waals surface area contributed by atoms with Gasteiger partial charge in [-0.05, 0) is 32.6 Å². The Bertz CT molecular complexity index is 887. The number of hydrogen-bond donors (Lipinski definition) is 11. The summed E-state index contributed by atoms with van der Waals surface area (Å²) in [5.41, 5.74) is 32.0. The molecule has 0 spiro atoms. The van der Waals surface area contributed by atoms with Gasteiger partial charge in [-0.25, -0.2) is 4.79 Å². The fourth-order valence-electron chi connectivity index (χ4n) is 3.03. The summed E-state index contributed by atoms with van der Waals surface area (Å²) in [5, 5.41) is 25.7. The lowest BCUT2D eigenvalue weighted by Crippen LogP contribution is -2.58. The number of aliphatic hydroxyl groups excluding tert-OH is 1. The van der Waals surface area contributed by atoms with Crippen molar-refractivity contribution in [3.05, 3.63) is 0 Å². The van der Waals surface area contributed by atoms with Gasteiger partial charge in [0.15, 0.2) is 18.0 Å². The number of carbonyl (C=O) groups is 5. The summed E-state index contributed by atoms with van der Waals surface area (Å²) in [6, 6.07) is -5.59. The fraction of sp³-hybridized carbons (Fsp3) is 0.650. The fourth-order valence-corrected chi connectivity index (χ4v) is 3.03. The summed E-state index contributed by atoms with van der Waals surface area (Å²) in [6.45, 7) is 1.45. The number of hydrogen-bond acceptors (Lipinski definition) is 9. The zero-order chi connectivity index (χ0) is 29.4. The number of nitrogens with zero attached hydrogens (tertiary/aromatic N) is 2. The number of carboxylic acids is 1. The van der Waals surface area contributed by atoms with Gasteiger partial charge in [0, 0.05) is 13.1 Å². The molecule has 0 saturated carbocycles. The number of amides is 4. The molecular formula is C20H39N11O7. The molecular weight excluding hydrogens is 506 g/mol. The number of nitrogens with two attached hydrogens (primary N) is 6. The first kappa shape index (κ1) is 33.8. The van der Waals surface area contributed by atoms with E-state index in [1.54, 1.807) is 0 Å². The molecule has 0 rings (SSSR count). The maximum Gasteiger partial charge on any atom is 0.328 e. The van der Waals surface area contributed by atoms with E-state index in [1.807, 2.05) is 0 Å². The van der Waals surface area contributed by atoms with Crippen molar-refractivity contribution in [2.45, 2.75) is 69.3 Å². The topological polar surface area (TPSA) is 343 Å². The molecule has 4 amide bonds. The van der Waals surface area contributed by atoms with E-state index >= 15 is 0 Å². The van der Waals surface area contributed by atoms with Crippen LogP contribution in [-0.2, 0) is 24.0 Å². The van der Waals surface area contributed by atoms with Crippen LogP contribution in [0.3, 0.4) is 0 Å². The number of primary amides is 1. The molecule has 0 heterocycles. The summed E-state index contributed by atoms with van der Waals surface area (Å²) in [4.78, 5) is 68.7. The lowest BCUT2D eigenvalue weighted by atomic mass is 10.1. The second kappa shape index (κ2) is 17.3. The Morgan fingerprint density at radius 1 is 0.763 bits per heavy atom. The van der Waals surface area contributed by atoms with E-state index in [4.69, 9.17) is 34.4 Å². The predicted octanol–water partition coefficient (Wildman–Crippen LogP) is -5.78.